The average molecular weight is 237 g/mol. The third-order valence-corrected chi connectivity index (χ3v) is 2.34. The number of carbonyl (C=O) groups is 1. The molecule has 0 N–H and O–H groups in total. The van der Waals surface area contributed by atoms with Gasteiger partial charge in [-0.05, 0) is 19.1 Å². The fourth-order valence-corrected chi connectivity index (χ4v) is 1.49. The van der Waals surface area contributed by atoms with E-state index in [4.69, 9.17) is 9.47 Å². The SMILES string of the molecule is CCN(C(=O)COCCOC)c1ccccc1. The van der Waals surface area contributed by atoms with Gasteiger partial charge in [0.2, 0.25) is 0 Å². The monoisotopic (exact) mass is 237 g/mol. The van der Waals surface area contributed by atoms with Gasteiger partial charge >= 0.3 is 0 Å². The van der Waals surface area contributed by atoms with E-state index in [1.54, 1.807) is 12.0 Å². The zero-order chi connectivity index (χ0) is 12.5. The topological polar surface area (TPSA) is 38.8 Å². The summed E-state index contributed by atoms with van der Waals surface area (Å²) in [5, 5.41) is 0. The van der Waals surface area contributed by atoms with Gasteiger partial charge in [0, 0.05) is 19.3 Å². The number of likely N-dealkylation sites (N-methyl/N-ethyl adjacent to an activating group) is 1. The van der Waals surface area contributed by atoms with Gasteiger partial charge in [0.25, 0.3) is 5.91 Å². The molecule has 0 fully saturated rings. The summed E-state index contributed by atoms with van der Waals surface area (Å²) in [7, 11) is 1.60. The Morgan fingerprint density at radius 2 is 1.94 bits per heavy atom. The van der Waals surface area contributed by atoms with Crippen LogP contribution in [-0.4, -0.2) is 39.4 Å². The smallest absolute Gasteiger partial charge is 0.252 e. The number of hydrogen-bond donors (Lipinski definition) is 0. The molecule has 94 valence electrons. The number of ether oxygens (including phenoxy) is 2. The summed E-state index contributed by atoms with van der Waals surface area (Å²) in [4.78, 5) is 13.6. The maximum Gasteiger partial charge on any atom is 0.252 e. The molecule has 4 nitrogen and oxygen atoms in total. The predicted octanol–water partition coefficient (Wildman–Crippen LogP) is 1.70. The Morgan fingerprint density at radius 1 is 1.24 bits per heavy atom. The van der Waals surface area contributed by atoms with Crippen LogP contribution in [0.3, 0.4) is 0 Å². The molecule has 0 atom stereocenters. The highest BCUT2D eigenvalue weighted by Crippen LogP contribution is 2.12. The molecule has 1 rings (SSSR count). The summed E-state index contributed by atoms with van der Waals surface area (Å²) < 4.78 is 10.1. The fraction of sp³-hybridized carbons (Fsp3) is 0.462. The Bertz CT molecular complexity index is 327. The van der Waals surface area contributed by atoms with Gasteiger partial charge in [-0.2, -0.15) is 0 Å². The molecule has 0 aliphatic carbocycles. The van der Waals surface area contributed by atoms with Crippen LogP contribution >= 0.6 is 0 Å². The van der Waals surface area contributed by atoms with Crippen LogP contribution in [-0.2, 0) is 14.3 Å². The third-order valence-electron chi connectivity index (χ3n) is 2.34. The Kier molecular flexibility index (Phi) is 6.29. The number of para-hydroxylation sites is 1. The quantitative estimate of drug-likeness (QED) is 0.678. The lowest BCUT2D eigenvalue weighted by Gasteiger charge is -2.20. The van der Waals surface area contributed by atoms with Gasteiger partial charge in [-0.15, -0.1) is 0 Å². The van der Waals surface area contributed by atoms with Crippen molar-refractivity contribution in [2.75, 3.05) is 38.4 Å². The maximum absolute atomic E-state index is 11.9. The van der Waals surface area contributed by atoms with E-state index in [0.29, 0.717) is 19.8 Å². The summed E-state index contributed by atoms with van der Waals surface area (Å²) in [6, 6.07) is 9.58. The number of carbonyl (C=O) groups excluding carboxylic acids is 1. The van der Waals surface area contributed by atoms with Gasteiger partial charge in [-0.3, -0.25) is 4.79 Å². The number of nitrogens with zero attached hydrogens (tertiary/aromatic N) is 1. The molecular formula is C13H19NO3. The van der Waals surface area contributed by atoms with Crippen molar-refractivity contribution in [2.24, 2.45) is 0 Å². The summed E-state index contributed by atoms with van der Waals surface area (Å²) in [6.45, 7) is 3.61. The van der Waals surface area contributed by atoms with E-state index in [2.05, 4.69) is 0 Å². The molecule has 0 saturated carbocycles. The molecule has 0 aliphatic rings. The van der Waals surface area contributed by atoms with Crippen LogP contribution in [0.15, 0.2) is 30.3 Å². The van der Waals surface area contributed by atoms with Crippen molar-refractivity contribution in [3.05, 3.63) is 30.3 Å². The van der Waals surface area contributed by atoms with E-state index in [1.807, 2.05) is 37.3 Å². The molecule has 4 heteroatoms. The van der Waals surface area contributed by atoms with E-state index in [0.717, 1.165) is 5.69 Å². The Morgan fingerprint density at radius 3 is 2.53 bits per heavy atom. The number of benzene rings is 1. The molecule has 0 aromatic heterocycles. The Balaban J connectivity index is 2.48. The minimum atomic E-state index is -0.0326. The van der Waals surface area contributed by atoms with Crippen molar-refractivity contribution in [1.82, 2.24) is 0 Å². The lowest BCUT2D eigenvalue weighted by molar-refractivity contribution is -0.123. The average Bonchev–Trinajstić information content (AvgIpc) is 2.37. The van der Waals surface area contributed by atoms with Crippen molar-refractivity contribution in [3.8, 4) is 0 Å². The summed E-state index contributed by atoms with van der Waals surface area (Å²) in [5.74, 6) is -0.0326. The lowest BCUT2D eigenvalue weighted by Crippen LogP contribution is -2.34. The Hall–Kier alpha value is -1.39. The van der Waals surface area contributed by atoms with E-state index < -0.39 is 0 Å². The molecular weight excluding hydrogens is 218 g/mol. The molecule has 0 heterocycles. The van der Waals surface area contributed by atoms with Gasteiger partial charge < -0.3 is 14.4 Å². The van der Waals surface area contributed by atoms with Crippen LogP contribution in [0.25, 0.3) is 0 Å². The number of anilines is 1. The maximum atomic E-state index is 11.9. The van der Waals surface area contributed by atoms with E-state index in [-0.39, 0.29) is 12.5 Å². The first-order chi connectivity index (χ1) is 8.29. The molecule has 1 aromatic rings. The largest absolute Gasteiger partial charge is 0.382 e. The number of amides is 1. The highest BCUT2D eigenvalue weighted by Gasteiger charge is 2.13. The first kappa shape index (κ1) is 13.7. The minimum absolute atomic E-state index is 0.0326. The summed E-state index contributed by atoms with van der Waals surface area (Å²) >= 11 is 0. The van der Waals surface area contributed by atoms with Gasteiger partial charge in [-0.1, -0.05) is 18.2 Å². The van der Waals surface area contributed by atoms with Crippen molar-refractivity contribution >= 4 is 11.6 Å². The molecule has 0 unspecified atom stereocenters. The van der Waals surface area contributed by atoms with Crippen LogP contribution in [0, 0.1) is 0 Å². The van der Waals surface area contributed by atoms with E-state index in [9.17, 15) is 4.79 Å². The Labute approximate surface area is 102 Å². The van der Waals surface area contributed by atoms with Gasteiger partial charge in [-0.25, -0.2) is 0 Å². The first-order valence-corrected chi connectivity index (χ1v) is 5.71. The zero-order valence-electron chi connectivity index (χ0n) is 10.4. The number of rotatable bonds is 7. The molecule has 0 bridgehead atoms. The van der Waals surface area contributed by atoms with Crippen LogP contribution in [0.2, 0.25) is 0 Å². The van der Waals surface area contributed by atoms with Crippen molar-refractivity contribution in [2.45, 2.75) is 6.92 Å². The molecule has 0 radical (unpaired) electrons. The third kappa shape index (κ3) is 4.54. The van der Waals surface area contributed by atoms with Crippen molar-refractivity contribution in [3.63, 3.8) is 0 Å². The van der Waals surface area contributed by atoms with Crippen molar-refractivity contribution in [1.29, 1.82) is 0 Å². The van der Waals surface area contributed by atoms with Crippen LogP contribution in [0.4, 0.5) is 5.69 Å². The van der Waals surface area contributed by atoms with Crippen LogP contribution in [0.5, 0.6) is 0 Å². The van der Waals surface area contributed by atoms with Crippen molar-refractivity contribution < 1.29 is 14.3 Å². The number of methoxy groups -OCH3 is 1. The summed E-state index contributed by atoms with van der Waals surface area (Å²) in [6.07, 6.45) is 0. The van der Waals surface area contributed by atoms with E-state index >= 15 is 0 Å². The lowest BCUT2D eigenvalue weighted by atomic mass is 10.3. The number of hydrogen-bond acceptors (Lipinski definition) is 3. The van der Waals surface area contributed by atoms with Gasteiger partial charge in [0.1, 0.15) is 6.61 Å². The van der Waals surface area contributed by atoms with Crippen LogP contribution < -0.4 is 4.90 Å². The molecule has 1 amide bonds. The minimum Gasteiger partial charge on any atom is -0.382 e. The summed E-state index contributed by atoms with van der Waals surface area (Å²) in [5.41, 5.74) is 0.898. The second-order valence-corrected chi connectivity index (χ2v) is 3.52. The normalized spacial score (nSPS) is 10.2. The molecule has 1 aromatic carbocycles. The molecule has 0 saturated heterocycles. The first-order valence-electron chi connectivity index (χ1n) is 5.71. The highest BCUT2D eigenvalue weighted by atomic mass is 16.5. The molecule has 17 heavy (non-hydrogen) atoms. The fourth-order valence-electron chi connectivity index (χ4n) is 1.49. The van der Waals surface area contributed by atoms with Gasteiger partial charge in [0.05, 0.1) is 13.2 Å². The second-order valence-electron chi connectivity index (χ2n) is 3.52. The predicted molar refractivity (Wildman–Crippen MR) is 67.2 cm³/mol. The molecule has 0 aliphatic heterocycles. The van der Waals surface area contributed by atoms with Crippen LogP contribution in [0.1, 0.15) is 6.92 Å². The van der Waals surface area contributed by atoms with E-state index in [1.165, 1.54) is 0 Å². The zero-order valence-corrected chi connectivity index (χ0v) is 10.4. The molecule has 0 spiro atoms. The van der Waals surface area contributed by atoms with Gasteiger partial charge in [0.15, 0.2) is 0 Å². The highest BCUT2D eigenvalue weighted by molar-refractivity contribution is 5.94. The second kappa shape index (κ2) is 7.81. The standard InChI is InChI=1S/C13H19NO3/c1-3-14(12-7-5-4-6-8-12)13(15)11-17-10-9-16-2/h4-8H,3,9-11H2,1-2H3.